The molecule has 3 rings (SSSR count). The molecular formula is C13H8Cl2N4. The van der Waals surface area contributed by atoms with Crippen LogP contribution in [0.4, 0.5) is 0 Å². The molecule has 0 bridgehead atoms. The van der Waals surface area contributed by atoms with Crippen molar-refractivity contribution >= 4 is 23.2 Å². The molecule has 0 fully saturated rings. The molecule has 0 unspecified atom stereocenters. The van der Waals surface area contributed by atoms with Crippen LogP contribution in [0.25, 0.3) is 16.8 Å². The molecule has 1 aromatic carbocycles. The van der Waals surface area contributed by atoms with E-state index in [1.54, 1.807) is 16.9 Å². The Morgan fingerprint density at radius 2 is 1.74 bits per heavy atom. The summed E-state index contributed by atoms with van der Waals surface area (Å²) in [7, 11) is 0. The second kappa shape index (κ2) is 4.99. The molecule has 2 heterocycles. The number of hydrogen-bond donors (Lipinski definition) is 0. The Bertz CT molecular complexity index is 710. The van der Waals surface area contributed by atoms with Gasteiger partial charge in [0.15, 0.2) is 10.3 Å². The zero-order valence-electron chi connectivity index (χ0n) is 9.66. The Balaban J connectivity index is 2.04. The summed E-state index contributed by atoms with van der Waals surface area (Å²) in [6.07, 6.45) is 3.63. The molecule has 0 aliphatic rings. The van der Waals surface area contributed by atoms with Gasteiger partial charge in [-0.15, -0.1) is 10.2 Å². The lowest BCUT2D eigenvalue weighted by atomic mass is 10.1. The van der Waals surface area contributed by atoms with E-state index in [0.29, 0.717) is 5.69 Å². The Morgan fingerprint density at radius 3 is 2.53 bits per heavy atom. The van der Waals surface area contributed by atoms with Gasteiger partial charge in [-0.05, 0) is 5.56 Å². The highest BCUT2D eigenvalue weighted by Gasteiger charge is 2.09. The van der Waals surface area contributed by atoms with Crippen molar-refractivity contribution in [1.29, 1.82) is 0 Å². The fourth-order valence-corrected chi connectivity index (χ4v) is 2.06. The first-order valence-electron chi connectivity index (χ1n) is 5.53. The third-order valence-electron chi connectivity index (χ3n) is 2.64. The molecule has 0 radical (unpaired) electrons. The molecule has 6 heteroatoms. The van der Waals surface area contributed by atoms with Crippen LogP contribution in [-0.2, 0) is 0 Å². The van der Waals surface area contributed by atoms with E-state index in [-0.39, 0.29) is 10.3 Å². The molecule has 0 spiro atoms. The predicted molar refractivity (Wildman–Crippen MR) is 74.6 cm³/mol. The Kier molecular flexibility index (Phi) is 3.19. The molecule has 0 saturated carbocycles. The van der Waals surface area contributed by atoms with Crippen molar-refractivity contribution in [2.75, 3.05) is 0 Å². The van der Waals surface area contributed by atoms with Gasteiger partial charge in [0.2, 0.25) is 0 Å². The second-order valence-corrected chi connectivity index (χ2v) is 4.63. The van der Waals surface area contributed by atoms with E-state index in [4.69, 9.17) is 23.2 Å². The molecular weight excluding hydrogens is 283 g/mol. The first kappa shape index (κ1) is 12.1. The number of hydrogen-bond acceptors (Lipinski definition) is 3. The molecule has 4 nitrogen and oxygen atoms in total. The Morgan fingerprint density at radius 1 is 0.947 bits per heavy atom. The number of benzene rings is 1. The quantitative estimate of drug-likeness (QED) is 0.724. The molecule has 2 aromatic heterocycles. The van der Waals surface area contributed by atoms with Crippen LogP contribution in [0.15, 0.2) is 48.8 Å². The maximum absolute atomic E-state index is 5.99. The Labute approximate surface area is 119 Å². The summed E-state index contributed by atoms with van der Waals surface area (Å²) in [5.41, 5.74) is 2.67. The van der Waals surface area contributed by atoms with Crippen LogP contribution in [-0.4, -0.2) is 20.0 Å². The first-order chi connectivity index (χ1) is 9.24. The third kappa shape index (κ3) is 2.45. The van der Waals surface area contributed by atoms with Gasteiger partial charge in [-0.25, -0.2) is 4.68 Å². The summed E-state index contributed by atoms with van der Waals surface area (Å²) in [6.45, 7) is 0. The van der Waals surface area contributed by atoms with Gasteiger partial charge in [-0.3, -0.25) is 0 Å². The van der Waals surface area contributed by atoms with Crippen LogP contribution in [0.5, 0.6) is 0 Å². The van der Waals surface area contributed by atoms with Gasteiger partial charge in [0.1, 0.15) is 5.69 Å². The van der Waals surface area contributed by atoms with E-state index in [0.717, 1.165) is 11.1 Å². The SMILES string of the molecule is Clc1cc(-n2cc(-c3ccccc3)cn2)c(Cl)nn1. The molecule has 94 valence electrons. The van der Waals surface area contributed by atoms with E-state index in [2.05, 4.69) is 15.3 Å². The second-order valence-electron chi connectivity index (χ2n) is 3.88. The molecule has 19 heavy (non-hydrogen) atoms. The van der Waals surface area contributed by atoms with E-state index in [1.807, 2.05) is 36.5 Å². The summed E-state index contributed by atoms with van der Waals surface area (Å²) in [6, 6.07) is 11.6. The van der Waals surface area contributed by atoms with Gasteiger partial charge in [-0.1, -0.05) is 53.5 Å². The van der Waals surface area contributed by atoms with Crippen molar-refractivity contribution in [3.63, 3.8) is 0 Å². The van der Waals surface area contributed by atoms with E-state index < -0.39 is 0 Å². The minimum Gasteiger partial charge on any atom is -0.237 e. The first-order valence-corrected chi connectivity index (χ1v) is 6.29. The van der Waals surface area contributed by atoms with Crippen LogP contribution in [0.1, 0.15) is 0 Å². The zero-order chi connectivity index (χ0) is 13.2. The Hall–Kier alpha value is -1.91. The minimum atomic E-state index is 0.257. The van der Waals surface area contributed by atoms with Crippen molar-refractivity contribution in [1.82, 2.24) is 20.0 Å². The number of rotatable bonds is 2. The highest BCUT2D eigenvalue weighted by molar-refractivity contribution is 6.32. The van der Waals surface area contributed by atoms with Gasteiger partial charge >= 0.3 is 0 Å². The van der Waals surface area contributed by atoms with Crippen molar-refractivity contribution in [2.24, 2.45) is 0 Å². The fourth-order valence-electron chi connectivity index (χ4n) is 1.74. The summed E-state index contributed by atoms with van der Waals surface area (Å²) < 4.78 is 1.63. The maximum Gasteiger partial charge on any atom is 0.177 e. The van der Waals surface area contributed by atoms with Crippen molar-refractivity contribution in [3.05, 3.63) is 59.1 Å². The molecule has 0 amide bonds. The van der Waals surface area contributed by atoms with Crippen LogP contribution in [0.3, 0.4) is 0 Å². The fraction of sp³-hybridized carbons (Fsp3) is 0. The molecule has 0 saturated heterocycles. The molecule has 0 N–H and O–H groups in total. The third-order valence-corrected chi connectivity index (χ3v) is 3.09. The van der Waals surface area contributed by atoms with Crippen LogP contribution in [0.2, 0.25) is 10.3 Å². The van der Waals surface area contributed by atoms with Gasteiger partial charge in [0.25, 0.3) is 0 Å². The summed E-state index contributed by atoms with van der Waals surface area (Å²) >= 11 is 11.8. The van der Waals surface area contributed by atoms with Crippen LogP contribution < -0.4 is 0 Å². The maximum atomic E-state index is 5.99. The lowest BCUT2D eigenvalue weighted by Gasteiger charge is -2.02. The monoisotopic (exact) mass is 290 g/mol. The van der Waals surface area contributed by atoms with Gasteiger partial charge in [-0.2, -0.15) is 5.10 Å². The number of halogens is 2. The molecule has 0 atom stereocenters. The lowest BCUT2D eigenvalue weighted by molar-refractivity contribution is 0.860. The van der Waals surface area contributed by atoms with Gasteiger partial charge < -0.3 is 0 Å². The smallest absolute Gasteiger partial charge is 0.177 e. The number of aromatic nitrogens is 4. The molecule has 3 aromatic rings. The topological polar surface area (TPSA) is 43.6 Å². The molecule has 0 aliphatic carbocycles. The zero-order valence-corrected chi connectivity index (χ0v) is 11.2. The van der Waals surface area contributed by atoms with E-state index >= 15 is 0 Å². The normalized spacial score (nSPS) is 10.6. The van der Waals surface area contributed by atoms with Crippen molar-refractivity contribution in [3.8, 4) is 16.8 Å². The predicted octanol–water partition coefficient (Wildman–Crippen LogP) is 3.64. The summed E-state index contributed by atoms with van der Waals surface area (Å²) in [5, 5.41) is 12.2. The van der Waals surface area contributed by atoms with Crippen molar-refractivity contribution in [2.45, 2.75) is 0 Å². The summed E-state index contributed by atoms with van der Waals surface area (Å²) in [5.74, 6) is 0. The standard InChI is InChI=1S/C13H8Cl2N4/c14-12-6-11(13(15)18-17-12)19-8-10(7-16-19)9-4-2-1-3-5-9/h1-8H. The average Bonchev–Trinajstić information content (AvgIpc) is 2.92. The van der Waals surface area contributed by atoms with Crippen LogP contribution in [0, 0.1) is 0 Å². The average molecular weight is 291 g/mol. The minimum absolute atomic E-state index is 0.257. The van der Waals surface area contributed by atoms with Crippen LogP contribution >= 0.6 is 23.2 Å². The van der Waals surface area contributed by atoms with E-state index in [9.17, 15) is 0 Å². The number of nitrogens with zero attached hydrogens (tertiary/aromatic N) is 4. The van der Waals surface area contributed by atoms with E-state index in [1.165, 1.54) is 0 Å². The largest absolute Gasteiger partial charge is 0.237 e. The highest BCUT2D eigenvalue weighted by atomic mass is 35.5. The summed E-state index contributed by atoms with van der Waals surface area (Å²) in [4.78, 5) is 0. The molecule has 0 aliphatic heterocycles. The lowest BCUT2D eigenvalue weighted by Crippen LogP contribution is -1.98. The van der Waals surface area contributed by atoms with Crippen molar-refractivity contribution < 1.29 is 0 Å². The highest BCUT2D eigenvalue weighted by Crippen LogP contribution is 2.23. The van der Waals surface area contributed by atoms with Gasteiger partial charge in [0.05, 0.1) is 6.20 Å². The van der Waals surface area contributed by atoms with Gasteiger partial charge in [0, 0.05) is 17.8 Å².